The van der Waals surface area contributed by atoms with Gasteiger partial charge in [-0.25, -0.2) is 0 Å². The van der Waals surface area contributed by atoms with Crippen LogP contribution in [0.2, 0.25) is 0 Å². The molecule has 1 atom stereocenters. The summed E-state index contributed by atoms with van der Waals surface area (Å²) in [6, 6.07) is 2.84. The van der Waals surface area contributed by atoms with E-state index in [-0.39, 0.29) is 0 Å². The Labute approximate surface area is 124 Å². The van der Waals surface area contributed by atoms with Crippen LogP contribution in [0.5, 0.6) is 0 Å². The van der Waals surface area contributed by atoms with Gasteiger partial charge in [0.1, 0.15) is 0 Å². The summed E-state index contributed by atoms with van der Waals surface area (Å²) in [7, 11) is 2.10. The minimum atomic E-state index is 0.596. The smallest absolute Gasteiger partial charge is 0.0596 e. The lowest BCUT2D eigenvalue weighted by atomic mass is 9.85. The first-order valence-corrected chi connectivity index (χ1v) is 8.43. The predicted molar refractivity (Wildman–Crippen MR) is 85.0 cm³/mol. The number of aromatic nitrogens is 2. The number of nitrogens with one attached hydrogen (secondary N) is 1. The highest BCUT2D eigenvalue weighted by atomic mass is 15.3. The van der Waals surface area contributed by atoms with Crippen molar-refractivity contribution in [3.05, 3.63) is 17.5 Å². The fourth-order valence-electron chi connectivity index (χ4n) is 3.55. The van der Waals surface area contributed by atoms with Gasteiger partial charge in [-0.3, -0.25) is 4.68 Å². The van der Waals surface area contributed by atoms with E-state index in [1.807, 2.05) is 0 Å². The van der Waals surface area contributed by atoms with Crippen molar-refractivity contribution in [2.24, 2.45) is 5.92 Å². The van der Waals surface area contributed by atoms with E-state index in [0.717, 1.165) is 24.6 Å². The largest absolute Gasteiger partial charge is 0.317 e. The second-order valence-corrected chi connectivity index (χ2v) is 6.36. The predicted octanol–water partition coefficient (Wildman–Crippen LogP) is 3.70. The van der Waals surface area contributed by atoms with Crippen molar-refractivity contribution in [2.45, 2.75) is 77.8 Å². The highest BCUT2D eigenvalue weighted by Crippen LogP contribution is 2.28. The Balaban J connectivity index is 1.84. The molecule has 2 rings (SSSR count). The molecule has 0 saturated heterocycles. The average Bonchev–Trinajstić information content (AvgIpc) is 2.84. The Morgan fingerprint density at radius 2 is 2.10 bits per heavy atom. The number of aryl methyl sites for hydroxylation is 2. The van der Waals surface area contributed by atoms with Crippen LogP contribution < -0.4 is 5.32 Å². The SMILES string of the molecule is CCn1nc(C)cc1CC(CCC1CCCCC1)NC. The summed E-state index contributed by atoms with van der Waals surface area (Å²) in [6.07, 6.45) is 11.1. The molecule has 1 fully saturated rings. The Morgan fingerprint density at radius 1 is 1.35 bits per heavy atom. The maximum atomic E-state index is 4.56. The topological polar surface area (TPSA) is 29.9 Å². The van der Waals surface area contributed by atoms with Gasteiger partial charge in [-0.05, 0) is 45.7 Å². The van der Waals surface area contributed by atoms with Crippen molar-refractivity contribution in [3.8, 4) is 0 Å². The molecule has 1 heterocycles. The molecule has 1 unspecified atom stereocenters. The van der Waals surface area contributed by atoms with Crippen LogP contribution >= 0.6 is 0 Å². The summed E-state index contributed by atoms with van der Waals surface area (Å²) in [5, 5.41) is 8.06. The summed E-state index contributed by atoms with van der Waals surface area (Å²) in [5.74, 6) is 0.984. The fraction of sp³-hybridized carbons (Fsp3) is 0.824. The summed E-state index contributed by atoms with van der Waals surface area (Å²) in [6.45, 7) is 5.24. The van der Waals surface area contributed by atoms with E-state index in [4.69, 9.17) is 0 Å². The zero-order chi connectivity index (χ0) is 14.4. The van der Waals surface area contributed by atoms with E-state index in [9.17, 15) is 0 Å². The molecule has 20 heavy (non-hydrogen) atoms. The molecule has 1 aliphatic rings. The summed E-state index contributed by atoms with van der Waals surface area (Å²) in [5.41, 5.74) is 2.52. The lowest BCUT2D eigenvalue weighted by Gasteiger charge is -2.24. The zero-order valence-corrected chi connectivity index (χ0v) is 13.5. The van der Waals surface area contributed by atoms with Crippen LogP contribution in [0.4, 0.5) is 0 Å². The number of rotatable bonds is 7. The minimum absolute atomic E-state index is 0.596. The standard InChI is InChI=1S/C17H31N3/c1-4-20-17(12-14(2)19-20)13-16(18-3)11-10-15-8-6-5-7-9-15/h12,15-16,18H,4-11,13H2,1-3H3. The zero-order valence-electron chi connectivity index (χ0n) is 13.5. The third kappa shape index (κ3) is 4.34. The molecule has 1 aliphatic carbocycles. The van der Waals surface area contributed by atoms with Crippen LogP contribution in [0.15, 0.2) is 6.07 Å². The number of hydrogen-bond acceptors (Lipinski definition) is 2. The van der Waals surface area contributed by atoms with Crippen molar-refractivity contribution in [3.63, 3.8) is 0 Å². The van der Waals surface area contributed by atoms with Crippen LogP contribution in [0.25, 0.3) is 0 Å². The molecule has 1 N–H and O–H groups in total. The van der Waals surface area contributed by atoms with Gasteiger partial charge in [0.25, 0.3) is 0 Å². The number of nitrogens with zero attached hydrogens (tertiary/aromatic N) is 2. The molecule has 1 aromatic heterocycles. The van der Waals surface area contributed by atoms with Gasteiger partial charge < -0.3 is 5.32 Å². The van der Waals surface area contributed by atoms with Gasteiger partial charge in [0, 0.05) is 24.7 Å². The fourth-order valence-corrected chi connectivity index (χ4v) is 3.55. The van der Waals surface area contributed by atoms with Gasteiger partial charge >= 0.3 is 0 Å². The quantitative estimate of drug-likeness (QED) is 0.823. The third-order valence-corrected chi connectivity index (χ3v) is 4.80. The summed E-state index contributed by atoms with van der Waals surface area (Å²) < 4.78 is 2.15. The molecule has 0 bridgehead atoms. The Kier molecular flexibility index (Phi) is 6.08. The molecule has 0 radical (unpaired) electrons. The molecule has 0 amide bonds. The molecular formula is C17H31N3. The Hall–Kier alpha value is -0.830. The molecular weight excluding hydrogens is 246 g/mol. The van der Waals surface area contributed by atoms with Gasteiger partial charge in [0.05, 0.1) is 5.69 Å². The first-order chi connectivity index (χ1) is 9.72. The van der Waals surface area contributed by atoms with E-state index in [0.29, 0.717) is 6.04 Å². The summed E-state index contributed by atoms with van der Waals surface area (Å²) >= 11 is 0. The van der Waals surface area contributed by atoms with Gasteiger partial charge in [0.15, 0.2) is 0 Å². The molecule has 0 aliphatic heterocycles. The molecule has 1 aromatic rings. The maximum Gasteiger partial charge on any atom is 0.0596 e. The molecule has 3 nitrogen and oxygen atoms in total. The highest BCUT2D eigenvalue weighted by Gasteiger charge is 2.17. The van der Waals surface area contributed by atoms with Crippen LogP contribution in [0, 0.1) is 12.8 Å². The second-order valence-electron chi connectivity index (χ2n) is 6.36. The first kappa shape index (κ1) is 15.6. The van der Waals surface area contributed by atoms with E-state index in [1.54, 1.807) is 0 Å². The molecule has 1 saturated carbocycles. The normalized spacial score (nSPS) is 18.4. The Bertz CT molecular complexity index is 391. The van der Waals surface area contributed by atoms with E-state index < -0.39 is 0 Å². The lowest BCUT2D eigenvalue weighted by Crippen LogP contribution is -2.29. The molecule has 0 aromatic carbocycles. The van der Waals surface area contributed by atoms with Gasteiger partial charge in [-0.1, -0.05) is 32.1 Å². The van der Waals surface area contributed by atoms with Gasteiger partial charge in [-0.2, -0.15) is 5.10 Å². The summed E-state index contributed by atoms with van der Waals surface area (Å²) in [4.78, 5) is 0. The lowest BCUT2D eigenvalue weighted by molar-refractivity contribution is 0.314. The van der Waals surface area contributed by atoms with E-state index in [2.05, 4.69) is 42.1 Å². The van der Waals surface area contributed by atoms with E-state index in [1.165, 1.54) is 50.6 Å². The van der Waals surface area contributed by atoms with Crippen LogP contribution in [-0.2, 0) is 13.0 Å². The van der Waals surface area contributed by atoms with Crippen LogP contribution in [0.1, 0.15) is 63.3 Å². The Morgan fingerprint density at radius 3 is 2.75 bits per heavy atom. The highest BCUT2D eigenvalue weighted by molar-refractivity contribution is 5.10. The maximum absolute atomic E-state index is 4.56. The monoisotopic (exact) mass is 277 g/mol. The molecule has 0 spiro atoms. The van der Waals surface area contributed by atoms with Crippen molar-refractivity contribution >= 4 is 0 Å². The minimum Gasteiger partial charge on any atom is -0.317 e. The van der Waals surface area contributed by atoms with Crippen molar-refractivity contribution in [2.75, 3.05) is 7.05 Å². The number of likely N-dealkylation sites (N-methyl/N-ethyl adjacent to an activating group) is 1. The van der Waals surface area contributed by atoms with Crippen LogP contribution in [0.3, 0.4) is 0 Å². The van der Waals surface area contributed by atoms with Crippen molar-refractivity contribution < 1.29 is 0 Å². The van der Waals surface area contributed by atoms with Gasteiger partial charge in [0.2, 0.25) is 0 Å². The van der Waals surface area contributed by atoms with Gasteiger partial charge in [-0.15, -0.1) is 0 Å². The van der Waals surface area contributed by atoms with Crippen molar-refractivity contribution in [1.29, 1.82) is 0 Å². The molecule has 114 valence electrons. The van der Waals surface area contributed by atoms with Crippen LogP contribution in [-0.4, -0.2) is 22.9 Å². The average molecular weight is 277 g/mol. The van der Waals surface area contributed by atoms with E-state index >= 15 is 0 Å². The molecule has 3 heteroatoms. The number of hydrogen-bond donors (Lipinski definition) is 1. The second kappa shape index (κ2) is 7.82. The third-order valence-electron chi connectivity index (χ3n) is 4.80. The first-order valence-electron chi connectivity index (χ1n) is 8.43. The van der Waals surface area contributed by atoms with Crippen molar-refractivity contribution in [1.82, 2.24) is 15.1 Å².